The highest BCUT2D eigenvalue weighted by atomic mass is 19.1. The van der Waals surface area contributed by atoms with Gasteiger partial charge in [0.2, 0.25) is 0 Å². The van der Waals surface area contributed by atoms with Crippen LogP contribution in [0, 0.1) is 31.0 Å². The van der Waals surface area contributed by atoms with Crippen LogP contribution in [0.4, 0.5) is 4.39 Å². The second-order valence-electron chi connectivity index (χ2n) is 4.40. The number of hydrogen-bond donors (Lipinski definition) is 0. The molecule has 0 aromatic heterocycles. The highest BCUT2D eigenvalue weighted by molar-refractivity contribution is 5.69. The first-order chi connectivity index (χ1) is 8.63. The molecule has 1 nitrogen and oxygen atoms in total. The number of benzene rings is 2. The van der Waals surface area contributed by atoms with Gasteiger partial charge in [-0.3, -0.25) is 0 Å². The molecule has 0 aliphatic rings. The Morgan fingerprint density at radius 1 is 1.11 bits per heavy atom. The molecule has 90 valence electrons. The van der Waals surface area contributed by atoms with Crippen molar-refractivity contribution < 1.29 is 4.39 Å². The number of rotatable bonds is 2. The van der Waals surface area contributed by atoms with E-state index in [2.05, 4.69) is 0 Å². The van der Waals surface area contributed by atoms with Gasteiger partial charge in [0.1, 0.15) is 5.82 Å². The molecule has 2 rings (SSSR count). The summed E-state index contributed by atoms with van der Waals surface area (Å²) in [4.78, 5) is 0. The molecular weight excluding hydrogens is 225 g/mol. The van der Waals surface area contributed by atoms with E-state index in [0.717, 1.165) is 16.7 Å². The lowest BCUT2D eigenvalue weighted by molar-refractivity contribution is 0.629. The lowest BCUT2D eigenvalue weighted by Gasteiger charge is -2.10. The Hall–Kier alpha value is -2.14. The van der Waals surface area contributed by atoms with E-state index >= 15 is 0 Å². The summed E-state index contributed by atoms with van der Waals surface area (Å²) in [7, 11) is 0. The number of hydrogen-bond acceptors (Lipinski definition) is 1. The lowest BCUT2D eigenvalue weighted by atomic mass is 9.95. The Labute approximate surface area is 107 Å². The fourth-order valence-corrected chi connectivity index (χ4v) is 2.02. The van der Waals surface area contributed by atoms with E-state index < -0.39 is 0 Å². The molecule has 0 atom stereocenters. The standard InChI is InChI=1S/C16H14FN/c1-11-4-3-5-14(12(11)2)15-7-6-13(8-9-18)10-16(15)17/h3-7,10H,8H2,1-2H3. The highest BCUT2D eigenvalue weighted by Gasteiger charge is 2.09. The van der Waals surface area contributed by atoms with Gasteiger partial charge in [-0.25, -0.2) is 4.39 Å². The van der Waals surface area contributed by atoms with Crippen molar-refractivity contribution in [3.05, 3.63) is 58.9 Å². The minimum Gasteiger partial charge on any atom is -0.206 e. The first-order valence-corrected chi connectivity index (χ1v) is 5.85. The fourth-order valence-electron chi connectivity index (χ4n) is 2.02. The van der Waals surface area contributed by atoms with Gasteiger partial charge in [0.25, 0.3) is 0 Å². The van der Waals surface area contributed by atoms with Gasteiger partial charge < -0.3 is 0 Å². The average molecular weight is 239 g/mol. The van der Waals surface area contributed by atoms with Crippen molar-refractivity contribution in [3.8, 4) is 17.2 Å². The first-order valence-electron chi connectivity index (χ1n) is 5.85. The zero-order chi connectivity index (χ0) is 13.1. The molecule has 0 bridgehead atoms. The Morgan fingerprint density at radius 2 is 1.89 bits per heavy atom. The van der Waals surface area contributed by atoms with E-state index in [1.807, 2.05) is 44.2 Å². The third-order valence-electron chi connectivity index (χ3n) is 3.21. The van der Waals surface area contributed by atoms with Crippen molar-refractivity contribution in [3.63, 3.8) is 0 Å². The Bertz CT molecular complexity index is 623. The van der Waals surface area contributed by atoms with Crippen LogP contribution >= 0.6 is 0 Å². The normalized spacial score (nSPS) is 10.1. The number of nitrogens with zero attached hydrogens (tertiary/aromatic N) is 1. The molecule has 0 saturated heterocycles. The average Bonchev–Trinajstić information content (AvgIpc) is 2.34. The number of halogens is 1. The molecule has 0 unspecified atom stereocenters. The van der Waals surface area contributed by atoms with E-state index in [-0.39, 0.29) is 12.2 Å². The van der Waals surface area contributed by atoms with E-state index in [1.54, 1.807) is 6.07 Å². The lowest BCUT2D eigenvalue weighted by Crippen LogP contribution is -1.92. The number of aryl methyl sites for hydroxylation is 1. The predicted molar refractivity (Wildman–Crippen MR) is 70.6 cm³/mol. The number of nitriles is 1. The Balaban J connectivity index is 2.52. The maximum atomic E-state index is 14.1. The molecule has 0 heterocycles. The highest BCUT2D eigenvalue weighted by Crippen LogP contribution is 2.28. The molecule has 0 aliphatic carbocycles. The van der Waals surface area contributed by atoms with E-state index in [0.29, 0.717) is 11.1 Å². The van der Waals surface area contributed by atoms with Gasteiger partial charge >= 0.3 is 0 Å². The molecule has 0 aliphatic heterocycles. The molecule has 0 amide bonds. The minimum absolute atomic E-state index is 0.240. The second-order valence-corrected chi connectivity index (χ2v) is 4.40. The van der Waals surface area contributed by atoms with Crippen molar-refractivity contribution in [2.45, 2.75) is 20.3 Å². The van der Waals surface area contributed by atoms with Crippen LogP contribution in [0.3, 0.4) is 0 Å². The van der Waals surface area contributed by atoms with Crippen LogP contribution in [-0.2, 0) is 6.42 Å². The summed E-state index contributed by atoms with van der Waals surface area (Å²) in [5.74, 6) is -0.267. The fraction of sp³-hybridized carbons (Fsp3) is 0.188. The smallest absolute Gasteiger partial charge is 0.131 e. The van der Waals surface area contributed by atoms with Crippen LogP contribution in [0.15, 0.2) is 36.4 Å². The van der Waals surface area contributed by atoms with Gasteiger partial charge in [0, 0.05) is 5.56 Å². The van der Waals surface area contributed by atoms with Crippen LogP contribution in [0.25, 0.3) is 11.1 Å². The molecule has 0 saturated carbocycles. The maximum absolute atomic E-state index is 14.1. The van der Waals surface area contributed by atoms with Crippen LogP contribution < -0.4 is 0 Å². The van der Waals surface area contributed by atoms with E-state index in [4.69, 9.17) is 5.26 Å². The third-order valence-corrected chi connectivity index (χ3v) is 3.21. The summed E-state index contributed by atoms with van der Waals surface area (Å²) in [6.45, 7) is 4.01. The maximum Gasteiger partial charge on any atom is 0.131 e. The topological polar surface area (TPSA) is 23.8 Å². The first kappa shape index (κ1) is 12.3. The Kier molecular flexibility index (Phi) is 3.43. The second kappa shape index (κ2) is 5.01. The van der Waals surface area contributed by atoms with Gasteiger partial charge in [0.05, 0.1) is 12.5 Å². The predicted octanol–water partition coefficient (Wildman–Crippen LogP) is 4.18. The van der Waals surface area contributed by atoms with E-state index in [9.17, 15) is 4.39 Å². The molecule has 2 aromatic carbocycles. The van der Waals surface area contributed by atoms with Crippen molar-refractivity contribution in [1.29, 1.82) is 5.26 Å². The van der Waals surface area contributed by atoms with Gasteiger partial charge in [-0.2, -0.15) is 5.26 Å². The van der Waals surface area contributed by atoms with Gasteiger partial charge in [-0.05, 0) is 42.2 Å². The molecule has 2 heteroatoms. The minimum atomic E-state index is -0.267. The molecule has 0 N–H and O–H groups in total. The van der Waals surface area contributed by atoms with Crippen molar-refractivity contribution in [2.75, 3.05) is 0 Å². The van der Waals surface area contributed by atoms with Crippen molar-refractivity contribution in [2.24, 2.45) is 0 Å². The van der Waals surface area contributed by atoms with Crippen LogP contribution in [0.1, 0.15) is 16.7 Å². The molecule has 2 aromatic rings. The largest absolute Gasteiger partial charge is 0.206 e. The van der Waals surface area contributed by atoms with Gasteiger partial charge in [-0.1, -0.05) is 30.3 Å². The van der Waals surface area contributed by atoms with Gasteiger partial charge in [0.15, 0.2) is 0 Å². The van der Waals surface area contributed by atoms with Crippen molar-refractivity contribution >= 4 is 0 Å². The molecule has 0 radical (unpaired) electrons. The summed E-state index contributed by atoms with van der Waals surface area (Å²) in [5, 5.41) is 8.60. The van der Waals surface area contributed by atoms with E-state index in [1.165, 1.54) is 6.07 Å². The van der Waals surface area contributed by atoms with Crippen LogP contribution in [0.5, 0.6) is 0 Å². The van der Waals surface area contributed by atoms with Crippen LogP contribution in [-0.4, -0.2) is 0 Å². The zero-order valence-electron chi connectivity index (χ0n) is 10.5. The SMILES string of the molecule is Cc1cccc(-c2ccc(CC#N)cc2F)c1C. The summed E-state index contributed by atoms with van der Waals surface area (Å²) < 4.78 is 14.1. The summed E-state index contributed by atoms with van der Waals surface area (Å²) in [5.41, 5.74) is 4.45. The van der Waals surface area contributed by atoms with Gasteiger partial charge in [-0.15, -0.1) is 0 Å². The molecule has 0 spiro atoms. The monoisotopic (exact) mass is 239 g/mol. The molecule has 18 heavy (non-hydrogen) atoms. The van der Waals surface area contributed by atoms with Crippen molar-refractivity contribution in [1.82, 2.24) is 0 Å². The third kappa shape index (κ3) is 2.26. The molecule has 0 fully saturated rings. The van der Waals surface area contributed by atoms with Crippen LogP contribution in [0.2, 0.25) is 0 Å². The Morgan fingerprint density at radius 3 is 2.56 bits per heavy atom. The summed E-state index contributed by atoms with van der Waals surface area (Å²) in [6, 6.07) is 12.9. The summed E-state index contributed by atoms with van der Waals surface area (Å²) >= 11 is 0. The molecular formula is C16H14FN. The zero-order valence-corrected chi connectivity index (χ0v) is 10.5. The summed E-state index contributed by atoms with van der Waals surface area (Å²) in [6.07, 6.45) is 0.240. The quantitative estimate of drug-likeness (QED) is 0.771.